The molecule has 2 heteroatoms. The van der Waals surface area contributed by atoms with E-state index in [9.17, 15) is 4.39 Å². The van der Waals surface area contributed by atoms with Crippen LogP contribution in [0.3, 0.4) is 0 Å². The van der Waals surface area contributed by atoms with Crippen molar-refractivity contribution >= 4 is 0 Å². The maximum absolute atomic E-state index is 13.6. The number of benzene rings is 1. The third-order valence-electron chi connectivity index (χ3n) is 4.04. The minimum atomic E-state index is -0.0879. The van der Waals surface area contributed by atoms with Gasteiger partial charge in [0.1, 0.15) is 5.82 Å². The fourth-order valence-corrected chi connectivity index (χ4v) is 2.78. The van der Waals surface area contributed by atoms with Gasteiger partial charge in [-0.05, 0) is 38.2 Å². The maximum atomic E-state index is 13.6. The molecule has 1 fully saturated rings. The van der Waals surface area contributed by atoms with Crippen molar-refractivity contribution in [3.05, 3.63) is 35.1 Å². The van der Waals surface area contributed by atoms with Crippen molar-refractivity contribution in [2.75, 3.05) is 0 Å². The Bertz CT molecular complexity index is 389. The number of rotatable bonds is 3. The Balaban J connectivity index is 1.88. The molecule has 0 heterocycles. The van der Waals surface area contributed by atoms with Crippen LogP contribution in [0.4, 0.5) is 4.39 Å². The first-order chi connectivity index (χ1) is 8.65. The second-order valence-corrected chi connectivity index (χ2v) is 5.79. The van der Waals surface area contributed by atoms with E-state index in [1.54, 1.807) is 6.07 Å². The number of aryl methyl sites for hydroxylation is 1. The Morgan fingerprint density at radius 1 is 1.22 bits per heavy atom. The van der Waals surface area contributed by atoms with E-state index < -0.39 is 0 Å². The molecule has 18 heavy (non-hydrogen) atoms. The molecule has 0 radical (unpaired) electrons. The second kappa shape index (κ2) is 6.33. The minimum absolute atomic E-state index is 0.0879. The van der Waals surface area contributed by atoms with Crippen molar-refractivity contribution in [2.24, 2.45) is 5.92 Å². The molecule has 1 aromatic rings. The molecule has 0 aromatic heterocycles. The van der Waals surface area contributed by atoms with Crippen LogP contribution in [0.1, 0.15) is 50.2 Å². The van der Waals surface area contributed by atoms with Crippen LogP contribution in [0.5, 0.6) is 0 Å². The standard InChI is InChI=1S/C16H24FN/c1-12-4-3-5-15(8-6-12)18-11-14-10-13(2)7-9-16(14)17/h7,9-10,12,15,18H,3-6,8,11H2,1-2H3. The maximum Gasteiger partial charge on any atom is 0.127 e. The average Bonchev–Trinajstić information content (AvgIpc) is 2.55. The normalized spacial score (nSPS) is 24.8. The van der Waals surface area contributed by atoms with Crippen molar-refractivity contribution < 1.29 is 4.39 Å². The zero-order valence-electron chi connectivity index (χ0n) is 11.5. The van der Waals surface area contributed by atoms with E-state index in [1.165, 1.54) is 32.1 Å². The molecule has 1 nitrogen and oxygen atoms in total. The number of halogens is 1. The lowest BCUT2D eigenvalue weighted by atomic mass is 10.0. The predicted octanol–water partition coefficient (Wildman–Crippen LogP) is 4.19. The van der Waals surface area contributed by atoms with Crippen LogP contribution in [0.2, 0.25) is 0 Å². The number of hydrogen-bond acceptors (Lipinski definition) is 1. The van der Waals surface area contributed by atoms with E-state index >= 15 is 0 Å². The summed E-state index contributed by atoms with van der Waals surface area (Å²) >= 11 is 0. The quantitative estimate of drug-likeness (QED) is 0.792. The van der Waals surface area contributed by atoms with Gasteiger partial charge < -0.3 is 5.32 Å². The summed E-state index contributed by atoms with van der Waals surface area (Å²) in [5.41, 5.74) is 1.93. The van der Waals surface area contributed by atoms with E-state index in [1.807, 2.05) is 19.1 Å². The molecule has 1 saturated carbocycles. The molecular weight excluding hydrogens is 225 g/mol. The van der Waals surface area contributed by atoms with Gasteiger partial charge in [0.2, 0.25) is 0 Å². The summed E-state index contributed by atoms with van der Waals surface area (Å²) in [5.74, 6) is 0.766. The molecule has 1 aliphatic carbocycles. The molecule has 0 saturated heterocycles. The lowest BCUT2D eigenvalue weighted by molar-refractivity contribution is 0.442. The van der Waals surface area contributed by atoms with Crippen LogP contribution >= 0.6 is 0 Å². The molecule has 0 amide bonds. The van der Waals surface area contributed by atoms with E-state index in [2.05, 4.69) is 12.2 Å². The fourth-order valence-electron chi connectivity index (χ4n) is 2.78. The summed E-state index contributed by atoms with van der Waals surface area (Å²) in [5, 5.41) is 3.53. The van der Waals surface area contributed by atoms with Crippen LogP contribution in [-0.2, 0) is 6.54 Å². The van der Waals surface area contributed by atoms with Gasteiger partial charge in [0.05, 0.1) is 0 Å². The van der Waals surface area contributed by atoms with Crippen LogP contribution in [-0.4, -0.2) is 6.04 Å². The van der Waals surface area contributed by atoms with E-state index in [-0.39, 0.29) is 5.82 Å². The molecule has 100 valence electrons. The van der Waals surface area contributed by atoms with Gasteiger partial charge in [0.15, 0.2) is 0 Å². The summed E-state index contributed by atoms with van der Waals surface area (Å²) in [6, 6.07) is 5.91. The Hall–Kier alpha value is -0.890. The molecule has 2 unspecified atom stereocenters. The number of hydrogen-bond donors (Lipinski definition) is 1. The predicted molar refractivity (Wildman–Crippen MR) is 74.0 cm³/mol. The van der Waals surface area contributed by atoms with Crippen LogP contribution in [0.15, 0.2) is 18.2 Å². The lowest BCUT2D eigenvalue weighted by Crippen LogP contribution is -2.28. The van der Waals surface area contributed by atoms with Crippen LogP contribution < -0.4 is 5.32 Å². The third-order valence-corrected chi connectivity index (χ3v) is 4.04. The van der Waals surface area contributed by atoms with Gasteiger partial charge in [0, 0.05) is 18.2 Å². The molecule has 1 N–H and O–H groups in total. The number of nitrogens with one attached hydrogen (secondary N) is 1. The van der Waals surface area contributed by atoms with Crippen LogP contribution in [0, 0.1) is 18.7 Å². The van der Waals surface area contributed by atoms with Gasteiger partial charge in [0.25, 0.3) is 0 Å². The minimum Gasteiger partial charge on any atom is -0.310 e. The molecular formula is C16H24FN. The highest BCUT2D eigenvalue weighted by Crippen LogP contribution is 2.23. The summed E-state index contributed by atoms with van der Waals surface area (Å²) in [6.07, 6.45) is 6.41. The highest BCUT2D eigenvalue weighted by Gasteiger charge is 2.16. The van der Waals surface area contributed by atoms with E-state index in [0.29, 0.717) is 12.6 Å². The first-order valence-corrected chi connectivity index (χ1v) is 7.13. The van der Waals surface area contributed by atoms with Gasteiger partial charge in [-0.25, -0.2) is 4.39 Å². The molecule has 1 aromatic carbocycles. The fraction of sp³-hybridized carbons (Fsp3) is 0.625. The van der Waals surface area contributed by atoms with Crippen molar-refractivity contribution in [1.29, 1.82) is 0 Å². The van der Waals surface area contributed by atoms with Crippen molar-refractivity contribution in [2.45, 2.75) is 58.5 Å². The topological polar surface area (TPSA) is 12.0 Å². The molecule has 1 aliphatic rings. The highest BCUT2D eigenvalue weighted by atomic mass is 19.1. The Morgan fingerprint density at radius 3 is 2.89 bits per heavy atom. The Morgan fingerprint density at radius 2 is 2.06 bits per heavy atom. The largest absolute Gasteiger partial charge is 0.310 e. The van der Waals surface area contributed by atoms with Gasteiger partial charge in [-0.3, -0.25) is 0 Å². The molecule has 0 aliphatic heterocycles. The lowest BCUT2D eigenvalue weighted by Gasteiger charge is -2.17. The van der Waals surface area contributed by atoms with E-state index in [0.717, 1.165) is 17.0 Å². The third kappa shape index (κ3) is 3.81. The van der Waals surface area contributed by atoms with Gasteiger partial charge in [-0.2, -0.15) is 0 Å². The monoisotopic (exact) mass is 249 g/mol. The second-order valence-electron chi connectivity index (χ2n) is 5.79. The molecule has 2 atom stereocenters. The van der Waals surface area contributed by atoms with Crippen molar-refractivity contribution in [3.8, 4) is 0 Å². The Kier molecular flexibility index (Phi) is 4.76. The molecule has 0 bridgehead atoms. The SMILES string of the molecule is Cc1ccc(F)c(CNC2CCCC(C)CC2)c1. The van der Waals surface area contributed by atoms with Crippen molar-refractivity contribution in [1.82, 2.24) is 5.32 Å². The van der Waals surface area contributed by atoms with E-state index in [4.69, 9.17) is 0 Å². The smallest absolute Gasteiger partial charge is 0.127 e. The molecule has 0 spiro atoms. The van der Waals surface area contributed by atoms with Crippen molar-refractivity contribution in [3.63, 3.8) is 0 Å². The van der Waals surface area contributed by atoms with Gasteiger partial charge in [-0.15, -0.1) is 0 Å². The summed E-state index contributed by atoms with van der Waals surface area (Å²) in [6.45, 7) is 5.01. The van der Waals surface area contributed by atoms with Crippen LogP contribution in [0.25, 0.3) is 0 Å². The molecule has 2 rings (SSSR count). The zero-order valence-corrected chi connectivity index (χ0v) is 11.5. The van der Waals surface area contributed by atoms with Gasteiger partial charge >= 0.3 is 0 Å². The first kappa shape index (κ1) is 13.5. The average molecular weight is 249 g/mol. The first-order valence-electron chi connectivity index (χ1n) is 7.13. The summed E-state index contributed by atoms with van der Waals surface area (Å²) in [7, 11) is 0. The zero-order chi connectivity index (χ0) is 13.0. The highest BCUT2D eigenvalue weighted by molar-refractivity contribution is 5.23. The summed E-state index contributed by atoms with van der Waals surface area (Å²) < 4.78 is 13.6. The Labute approximate surface area is 110 Å². The summed E-state index contributed by atoms with van der Waals surface area (Å²) in [4.78, 5) is 0. The van der Waals surface area contributed by atoms with Gasteiger partial charge in [-0.1, -0.05) is 37.5 Å².